The van der Waals surface area contributed by atoms with Crippen molar-refractivity contribution in [2.45, 2.75) is 30.9 Å². The molecule has 21 heavy (non-hydrogen) atoms. The Morgan fingerprint density at radius 2 is 1.81 bits per heavy atom. The summed E-state index contributed by atoms with van der Waals surface area (Å²) in [4.78, 5) is 1.37. The van der Waals surface area contributed by atoms with Gasteiger partial charge in [-0.1, -0.05) is 0 Å². The van der Waals surface area contributed by atoms with Crippen LogP contribution in [0.25, 0.3) is 0 Å². The van der Waals surface area contributed by atoms with Crippen LogP contribution in [0.1, 0.15) is 23.5 Å². The van der Waals surface area contributed by atoms with E-state index in [9.17, 15) is 8.42 Å². The fraction of sp³-hybridized carbons (Fsp3) is 0.333. The first kappa shape index (κ1) is 16.0. The highest BCUT2D eigenvalue weighted by Crippen LogP contribution is 2.30. The molecule has 114 valence electrons. The minimum absolute atomic E-state index is 0.170. The molecule has 0 saturated heterocycles. The standard InChI is InChI=1S/C15H19NO3S2/c1-10-8-9-20-15(10)14(11(2)16)19-12-4-6-13(7-5-12)21(3,17)18/h4-9,11,14H,16H2,1-3H3. The summed E-state index contributed by atoms with van der Waals surface area (Å²) >= 11 is 1.61. The molecule has 2 N–H and O–H groups in total. The first-order chi connectivity index (χ1) is 9.79. The molecule has 1 aromatic heterocycles. The van der Waals surface area contributed by atoms with Crippen molar-refractivity contribution >= 4 is 21.2 Å². The lowest BCUT2D eigenvalue weighted by Crippen LogP contribution is -2.28. The molecule has 2 rings (SSSR count). The molecule has 1 aromatic carbocycles. The molecule has 0 aliphatic carbocycles. The first-order valence-corrected chi connectivity index (χ1v) is 9.32. The van der Waals surface area contributed by atoms with Gasteiger partial charge >= 0.3 is 0 Å². The molecule has 0 fully saturated rings. The van der Waals surface area contributed by atoms with E-state index in [1.54, 1.807) is 35.6 Å². The number of aryl methyl sites for hydroxylation is 1. The lowest BCUT2D eigenvalue weighted by Gasteiger charge is -2.22. The van der Waals surface area contributed by atoms with Gasteiger partial charge in [0.05, 0.1) is 4.90 Å². The van der Waals surface area contributed by atoms with Gasteiger partial charge in [0.25, 0.3) is 0 Å². The van der Waals surface area contributed by atoms with E-state index in [1.807, 2.05) is 25.3 Å². The Balaban J connectivity index is 2.24. The van der Waals surface area contributed by atoms with Gasteiger partial charge in [0.1, 0.15) is 11.9 Å². The van der Waals surface area contributed by atoms with Crippen molar-refractivity contribution in [2.75, 3.05) is 6.26 Å². The number of ether oxygens (including phenoxy) is 1. The number of nitrogens with two attached hydrogens (primary N) is 1. The Hall–Kier alpha value is -1.37. The zero-order valence-corrected chi connectivity index (χ0v) is 13.9. The minimum Gasteiger partial charge on any atom is -0.483 e. The molecule has 0 saturated carbocycles. The Labute approximate surface area is 129 Å². The summed E-state index contributed by atoms with van der Waals surface area (Å²) in [7, 11) is -3.19. The summed E-state index contributed by atoms with van der Waals surface area (Å²) in [6.07, 6.45) is 0.942. The van der Waals surface area contributed by atoms with E-state index < -0.39 is 9.84 Å². The number of thiophene rings is 1. The zero-order valence-electron chi connectivity index (χ0n) is 12.2. The third-order valence-corrected chi connectivity index (χ3v) is 5.36. The SMILES string of the molecule is Cc1ccsc1C(Oc1ccc(S(C)(=O)=O)cc1)C(C)N. The predicted molar refractivity (Wildman–Crippen MR) is 85.6 cm³/mol. The third kappa shape index (κ3) is 3.84. The topological polar surface area (TPSA) is 69.4 Å². The smallest absolute Gasteiger partial charge is 0.175 e. The molecule has 0 aliphatic heterocycles. The van der Waals surface area contributed by atoms with Gasteiger partial charge in [0, 0.05) is 17.2 Å². The molecule has 0 spiro atoms. The summed E-state index contributed by atoms with van der Waals surface area (Å²) in [6.45, 7) is 3.92. The molecule has 0 radical (unpaired) electrons. The molecule has 0 bridgehead atoms. The molecule has 2 aromatic rings. The third-order valence-electron chi connectivity index (χ3n) is 3.15. The van der Waals surface area contributed by atoms with Crippen molar-refractivity contribution in [3.63, 3.8) is 0 Å². The molecule has 4 nitrogen and oxygen atoms in total. The van der Waals surface area contributed by atoms with E-state index >= 15 is 0 Å². The molecule has 0 aliphatic rings. The Morgan fingerprint density at radius 1 is 1.19 bits per heavy atom. The normalized spacial score (nSPS) is 14.7. The van der Waals surface area contributed by atoms with E-state index in [-0.39, 0.29) is 17.0 Å². The van der Waals surface area contributed by atoms with Crippen LogP contribution in [-0.4, -0.2) is 20.7 Å². The summed E-state index contributed by atoms with van der Waals surface area (Å²) in [5.41, 5.74) is 7.18. The number of rotatable bonds is 5. The second-order valence-corrected chi connectivity index (χ2v) is 8.07. The predicted octanol–water partition coefficient (Wildman–Crippen LogP) is 2.93. The number of sulfone groups is 1. The average molecular weight is 325 g/mol. The lowest BCUT2D eigenvalue weighted by atomic mass is 10.1. The van der Waals surface area contributed by atoms with Crippen LogP contribution >= 0.6 is 11.3 Å². The van der Waals surface area contributed by atoms with Crippen LogP contribution in [-0.2, 0) is 9.84 Å². The number of hydrogen-bond donors (Lipinski definition) is 1. The van der Waals surface area contributed by atoms with Crippen molar-refractivity contribution in [3.05, 3.63) is 46.2 Å². The van der Waals surface area contributed by atoms with Gasteiger partial charge < -0.3 is 10.5 Å². The Morgan fingerprint density at radius 3 is 2.24 bits per heavy atom. The van der Waals surface area contributed by atoms with Crippen molar-refractivity contribution in [1.29, 1.82) is 0 Å². The minimum atomic E-state index is -3.19. The van der Waals surface area contributed by atoms with Crippen LogP contribution in [0.3, 0.4) is 0 Å². The Kier molecular flexibility index (Phi) is 4.70. The second-order valence-electron chi connectivity index (χ2n) is 5.11. The highest BCUT2D eigenvalue weighted by molar-refractivity contribution is 7.90. The average Bonchev–Trinajstić information content (AvgIpc) is 2.81. The maximum atomic E-state index is 11.4. The molecule has 6 heteroatoms. The van der Waals surface area contributed by atoms with Crippen LogP contribution in [0.4, 0.5) is 0 Å². The highest BCUT2D eigenvalue weighted by atomic mass is 32.2. The van der Waals surface area contributed by atoms with E-state index in [1.165, 1.54) is 6.26 Å². The van der Waals surface area contributed by atoms with Crippen molar-refractivity contribution < 1.29 is 13.2 Å². The summed E-state index contributed by atoms with van der Waals surface area (Å²) in [5.74, 6) is 0.609. The van der Waals surface area contributed by atoms with Crippen molar-refractivity contribution in [1.82, 2.24) is 0 Å². The molecular formula is C15H19NO3S2. The summed E-state index contributed by atoms with van der Waals surface area (Å²) < 4.78 is 28.9. The van der Waals surface area contributed by atoms with Crippen molar-refractivity contribution in [3.8, 4) is 5.75 Å². The molecule has 1 heterocycles. The van der Waals surface area contributed by atoms with Crippen LogP contribution in [0, 0.1) is 6.92 Å². The van der Waals surface area contributed by atoms with Crippen LogP contribution in [0.15, 0.2) is 40.6 Å². The van der Waals surface area contributed by atoms with Gasteiger partial charge in [-0.25, -0.2) is 8.42 Å². The van der Waals surface area contributed by atoms with E-state index in [0.29, 0.717) is 5.75 Å². The molecule has 2 atom stereocenters. The monoisotopic (exact) mass is 325 g/mol. The van der Waals surface area contributed by atoms with Crippen molar-refractivity contribution in [2.24, 2.45) is 5.73 Å². The molecule has 0 amide bonds. The quantitative estimate of drug-likeness (QED) is 0.917. The van der Waals surface area contributed by atoms with Crippen LogP contribution in [0.2, 0.25) is 0 Å². The summed E-state index contributed by atoms with van der Waals surface area (Å²) in [6, 6.07) is 8.28. The molecule has 2 unspecified atom stereocenters. The van der Waals surface area contributed by atoms with Gasteiger partial charge in [-0.05, 0) is 55.1 Å². The van der Waals surface area contributed by atoms with Gasteiger partial charge in [-0.2, -0.15) is 0 Å². The first-order valence-electron chi connectivity index (χ1n) is 6.55. The zero-order chi connectivity index (χ0) is 15.6. The Bertz CT molecular complexity index is 703. The van der Waals surface area contributed by atoms with Gasteiger partial charge in [0.2, 0.25) is 0 Å². The van der Waals surface area contributed by atoms with Gasteiger partial charge in [0.15, 0.2) is 9.84 Å². The molecular weight excluding hydrogens is 306 g/mol. The van der Waals surface area contributed by atoms with E-state index in [2.05, 4.69) is 0 Å². The fourth-order valence-electron chi connectivity index (χ4n) is 1.99. The maximum Gasteiger partial charge on any atom is 0.175 e. The fourth-order valence-corrected chi connectivity index (χ4v) is 3.69. The number of hydrogen-bond acceptors (Lipinski definition) is 5. The summed E-state index contributed by atoms with van der Waals surface area (Å²) in [5, 5.41) is 2.01. The van der Waals surface area contributed by atoms with E-state index in [0.717, 1.165) is 10.4 Å². The van der Waals surface area contributed by atoms with Crippen LogP contribution in [0.5, 0.6) is 5.75 Å². The lowest BCUT2D eigenvalue weighted by molar-refractivity contribution is 0.183. The second kappa shape index (κ2) is 6.17. The number of benzene rings is 1. The largest absolute Gasteiger partial charge is 0.483 e. The van der Waals surface area contributed by atoms with Crippen LogP contribution < -0.4 is 10.5 Å². The maximum absolute atomic E-state index is 11.4. The highest BCUT2D eigenvalue weighted by Gasteiger charge is 2.21. The van der Waals surface area contributed by atoms with Gasteiger partial charge in [-0.15, -0.1) is 11.3 Å². The van der Waals surface area contributed by atoms with Gasteiger partial charge in [-0.3, -0.25) is 0 Å². The van der Waals surface area contributed by atoms with E-state index in [4.69, 9.17) is 10.5 Å².